The fraction of sp³-hybridized carbons (Fsp3) is 0.231. The second kappa shape index (κ2) is 12.6. The monoisotopic (exact) mass is 498 g/mol. The highest BCUT2D eigenvalue weighted by atomic mass is 35.5. The third-order valence-corrected chi connectivity index (χ3v) is 7.44. The van der Waals surface area contributed by atoms with E-state index in [9.17, 15) is 9.36 Å². The van der Waals surface area contributed by atoms with Crippen molar-refractivity contribution in [2.24, 2.45) is 5.10 Å². The van der Waals surface area contributed by atoms with Gasteiger partial charge >= 0.3 is 7.60 Å². The topological polar surface area (TPSA) is 77.0 Å². The molecule has 6 nitrogen and oxygen atoms in total. The van der Waals surface area contributed by atoms with Crippen LogP contribution in [0.4, 0.5) is 5.69 Å². The Labute approximate surface area is 205 Å². The van der Waals surface area contributed by atoms with Crippen LogP contribution in [0.25, 0.3) is 0 Å². The van der Waals surface area contributed by atoms with Crippen molar-refractivity contribution < 1.29 is 18.4 Å². The summed E-state index contributed by atoms with van der Waals surface area (Å²) < 4.78 is 25.3. The molecule has 1 unspecified atom stereocenters. The van der Waals surface area contributed by atoms with Crippen molar-refractivity contribution >= 4 is 36.1 Å². The number of benzene rings is 3. The molecule has 0 aromatic heterocycles. The maximum absolute atomic E-state index is 14.0. The molecule has 0 saturated heterocycles. The number of halogens is 1. The van der Waals surface area contributed by atoms with E-state index in [-0.39, 0.29) is 30.9 Å². The van der Waals surface area contributed by atoms with Crippen molar-refractivity contribution in [2.45, 2.75) is 26.2 Å². The maximum Gasteiger partial charge on any atom is 0.377 e. The smallest absolute Gasteiger partial charge is 0.305 e. The Balaban J connectivity index is 2.09. The first kappa shape index (κ1) is 25.9. The summed E-state index contributed by atoms with van der Waals surface area (Å²) in [5.41, 5.74) is 5.07. The largest absolute Gasteiger partial charge is 0.377 e. The van der Waals surface area contributed by atoms with E-state index in [1.807, 2.05) is 48.5 Å². The predicted octanol–water partition coefficient (Wildman–Crippen LogP) is 7.39. The lowest BCUT2D eigenvalue weighted by Gasteiger charge is -2.25. The molecular weight excluding hydrogens is 471 g/mol. The molecule has 3 rings (SSSR count). The van der Waals surface area contributed by atoms with Gasteiger partial charge in [-0.25, -0.2) is 0 Å². The number of rotatable bonds is 12. The summed E-state index contributed by atoms with van der Waals surface area (Å²) in [6.07, 6.45) is 0.0410. The molecule has 0 spiro atoms. The molecule has 0 heterocycles. The SMILES string of the molecule is CCOP(=O)(OCC)/C(=N\Nc1ccc(Cl)cc1)C(CC(=O)c1ccccc1)c1ccccc1. The van der Waals surface area contributed by atoms with Gasteiger partial charge in [0.1, 0.15) is 0 Å². The molecule has 1 N–H and O–H groups in total. The summed E-state index contributed by atoms with van der Waals surface area (Å²) in [7, 11) is -3.84. The van der Waals surface area contributed by atoms with Gasteiger partial charge in [0.15, 0.2) is 11.2 Å². The second-order valence-corrected chi connectivity index (χ2v) is 9.78. The summed E-state index contributed by atoms with van der Waals surface area (Å²) in [6.45, 7) is 3.79. The lowest BCUT2D eigenvalue weighted by atomic mass is 9.92. The minimum Gasteiger partial charge on any atom is -0.305 e. The van der Waals surface area contributed by atoms with Gasteiger partial charge in [-0.1, -0.05) is 72.3 Å². The first-order chi connectivity index (χ1) is 16.5. The van der Waals surface area contributed by atoms with Gasteiger partial charge in [0.05, 0.1) is 18.9 Å². The number of nitrogens with zero attached hydrogens (tertiary/aromatic N) is 1. The molecule has 3 aromatic rings. The van der Waals surface area contributed by atoms with Gasteiger partial charge in [-0.2, -0.15) is 5.10 Å². The minimum absolute atomic E-state index is 0.0410. The molecule has 0 aliphatic rings. The number of hydrazone groups is 1. The van der Waals surface area contributed by atoms with Crippen LogP contribution in [0.15, 0.2) is 90.0 Å². The van der Waals surface area contributed by atoms with E-state index in [0.29, 0.717) is 16.3 Å². The van der Waals surface area contributed by atoms with Crippen molar-refractivity contribution in [3.8, 4) is 0 Å². The second-order valence-electron chi connectivity index (χ2n) is 7.38. The fourth-order valence-electron chi connectivity index (χ4n) is 3.46. The zero-order valence-corrected chi connectivity index (χ0v) is 20.8. The van der Waals surface area contributed by atoms with Crippen LogP contribution in [-0.2, 0) is 13.6 Å². The van der Waals surface area contributed by atoms with E-state index < -0.39 is 13.5 Å². The van der Waals surface area contributed by atoms with Crippen LogP contribution in [0, 0.1) is 0 Å². The van der Waals surface area contributed by atoms with Crippen molar-refractivity contribution in [1.29, 1.82) is 0 Å². The molecule has 0 radical (unpaired) electrons. The van der Waals surface area contributed by atoms with Crippen molar-refractivity contribution in [3.05, 3.63) is 101 Å². The summed E-state index contributed by atoms with van der Waals surface area (Å²) in [4.78, 5) is 13.2. The molecule has 3 aromatic carbocycles. The van der Waals surface area contributed by atoms with Gasteiger partial charge in [0.25, 0.3) is 0 Å². The van der Waals surface area contributed by atoms with Crippen LogP contribution in [0.5, 0.6) is 0 Å². The summed E-state index contributed by atoms with van der Waals surface area (Å²) in [6, 6.07) is 25.3. The molecule has 0 bridgehead atoms. The van der Waals surface area contributed by atoms with E-state index in [4.69, 9.17) is 20.6 Å². The van der Waals surface area contributed by atoms with E-state index in [1.54, 1.807) is 50.2 Å². The average molecular weight is 499 g/mol. The van der Waals surface area contributed by atoms with Gasteiger partial charge in [0, 0.05) is 22.9 Å². The van der Waals surface area contributed by atoms with Gasteiger partial charge < -0.3 is 9.05 Å². The Morgan fingerprint density at radius 1 is 0.912 bits per heavy atom. The summed E-state index contributed by atoms with van der Waals surface area (Å²) in [5, 5.41) is 5.10. The quantitative estimate of drug-likeness (QED) is 0.122. The Morgan fingerprint density at radius 2 is 1.47 bits per heavy atom. The Hall–Kier alpha value is -2.76. The lowest BCUT2D eigenvalue weighted by molar-refractivity contribution is 0.0980. The van der Waals surface area contributed by atoms with Gasteiger partial charge in [0.2, 0.25) is 0 Å². The molecule has 34 heavy (non-hydrogen) atoms. The van der Waals surface area contributed by atoms with Crippen molar-refractivity contribution in [2.75, 3.05) is 18.6 Å². The number of nitrogens with one attached hydrogen (secondary N) is 1. The summed E-state index contributed by atoms with van der Waals surface area (Å²) in [5.74, 6) is -0.745. The maximum atomic E-state index is 14.0. The Kier molecular flexibility index (Phi) is 9.61. The normalized spacial score (nSPS) is 12.9. The number of Topliss-reactive ketones (excluding diaryl/α,β-unsaturated/α-hetero) is 1. The van der Waals surface area contributed by atoms with Crippen LogP contribution in [0.3, 0.4) is 0 Å². The minimum atomic E-state index is -3.84. The Bertz CT molecular complexity index is 1130. The zero-order chi connectivity index (χ0) is 24.4. The predicted molar refractivity (Wildman–Crippen MR) is 138 cm³/mol. The van der Waals surface area contributed by atoms with Crippen molar-refractivity contribution in [1.82, 2.24) is 0 Å². The van der Waals surface area contributed by atoms with Gasteiger partial charge in [-0.05, 0) is 43.7 Å². The number of carbonyl (C=O) groups is 1. The highest BCUT2D eigenvalue weighted by molar-refractivity contribution is 7.72. The number of hydrogen-bond donors (Lipinski definition) is 1. The zero-order valence-electron chi connectivity index (χ0n) is 19.2. The standard InChI is InChI=1S/C26H28ClN2O4P/c1-3-32-34(31,33-4-2)26(29-28-23-17-15-22(27)16-18-23)24(20-11-7-5-8-12-20)19-25(30)21-13-9-6-10-14-21/h5-18,24,28H,3-4,19H2,1-2H3/b29-26-. The molecule has 0 fully saturated rings. The molecular formula is C26H28ClN2O4P. The molecule has 1 atom stereocenters. The van der Waals surface area contributed by atoms with Gasteiger partial charge in [-0.3, -0.25) is 14.8 Å². The highest BCUT2D eigenvalue weighted by Gasteiger charge is 2.39. The molecule has 0 amide bonds. The van der Waals surface area contributed by atoms with Crippen LogP contribution < -0.4 is 5.43 Å². The average Bonchev–Trinajstić information content (AvgIpc) is 2.86. The molecule has 8 heteroatoms. The third kappa shape index (κ3) is 6.87. The first-order valence-electron chi connectivity index (χ1n) is 11.1. The van der Waals surface area contributed by atoms with Gasteiger partial charge in [-0.15, -0.1) is 0 Å². The third-order valence-electron chi connectivity index (χ3n) is 5.02. The number of ketones is 1. The molecule has 0 aliphatic heterocycles. The van der Waals surface area contributed by atoms with Crippen LogP contribution in [0.2, 0.25) is 5.02 Å². The van der Waals surface area contributed by atoms with E-state index in [2.05, 4.69) is 10.5 Å². The number of hydrogen-bond acceptors (Lipinski definition) is 6. The Morgan fingerprint density at radius 3 is 2.03 bits per heavy atom. The van der Waals surface area contributed by atoms with E-state index in [0.717, 1.165) is 5.56 Å². The number of anilines is 1. The lowest BCUT2D eigenvalue weighted by Crippen LogP contribution is -2.21. The van der Waals surface area contributed by atoms with Crippen LogP contribution >= 0.6 is 19.2 Å². The molecule has 0 aliphatic carbocycles. The van der Waals surface area contributed by atoms with Crippen LogP contribution in [-0.4, -0.2) is 24.4 Å². The first-order valence-corrected chi connectivity index (χ1v) is 13.0. The molecule has 178 valence electrons. The molecule has 0 saturated carbocycles. The fourth-order valence-corrected chi connectivity index (χ4v) is 5.40. The van der Waals surface area contributed by atoms with Crippen LogP contribution in [0.1, 0.15) is 42.1 Å². The number of carbonyl (C=O) groups excluding carboxylic acids is 1. The van der Waals surface area contributed by atoms with Crippen molar-refractivity contribution in [3.63, 3.8) is 0 Å². The van der Waals surface area contributed by atoms with E-state index in [1.165, 1.54) is 0 Å². The summed E-state index contributed by atoms with van der Waals surface area (Å²) >= 11 is 5.99. The van der Waals surface area contributed by atoms with E-state index >= 15 is 0 Å². The highest BCUT2D eigenvalue weighted by Crippen LogP contribution is 2.54.